The van der Waals surface area contributed by atoms with Crippen molar-refractivity contribution in [1.82, 2.24) is 14.7 Å². The first-order valence-electron chi connectivity index (χ1n) is 8.08. The minimum Gasteiger partial charge on any atom is -0.363 e. The largest absolute Gasteiger partial charge is 0.363 e. The molecule has 2 heterocycles. The fourth-order valence-electron chi connectivity index (χ4n) is 2.84. The topological polar surface area (TPSA) is 34.4 Å². The molecule has 0 amide bonds. The Hall–Kier alpha value is -1.88. The van der Waals surface area contributed by atoms with Gasteiger partial charge in [-0.3, -0.25) is 0 Å². The summed E-state index contributed by atoms with van der Waals surface area (Å²) in [5.41, 5.74) is 0.974. The van der Waals surface area contributed by atoms with Crippen LogP contribution in [0.25, 0.3) is 0 Å². The highest BCUT2D eigenvalue weighted by molar-refractivity contribution is 5.97. The summed E-state index contributed by atoms with van der Waals surface area (Å²) in [7, 11) is 4.29. The number of piperazine rings is 1. The molecule has 1 aromatic rings. The van der Waals surface area contributed by atoms with Gasteiger partial charge in [-0.05, 0) is 25.6 Å². The number of hydrogen-bond donors (Lipinski definition) is 0. The zero-order valence-corrected chi connectivity index (χ0v) is 13.6. The Kier molecular flexibility index (Phi) is 4.73. The molecule has 2 aliphatic heterocycles. The van der Waals surface area contributed by atoms with Gasteiger partial charge in [0.2, 0.25) is 5.96 Å². The summed E-state index contributed by atoms with van der Waals surface area (Å²) < 4.78 is 0. The van der Waals surface area contributed by atoms with E-state index in [0.29, 0.717) is 0 Å². The number of para-hydroxylation sites is 1. The maximum Gasteiger partial charge on any atom is 0.227 e. The molecular formula is C17H25N5. The molecule has 2 aliphatic rings. The molecule has 118 valence electrons. The van der Waals surface area contributed by atoms with Crippen molar-refractivity contribution in [1.29, 1.82) is 0 Å². The molecule has 0 saturated carbocycles. The van der Waals surface area contributed by atoms with Crippen molar-refractivity contribution in [2.24, 2.45) is 9.98 Å². The van der Waals surface area contributed by atoms with Crippen molar-refractivity contribution in [3.63, 3.8) is 0 Å². The average molecular weight is 299 g/mol. The molecule has 0 atom stereocenters. The molecule has 0 spiro atoms. The minimum atomic E-state index is 0.864. The fourth-order valence-corrected chi connectivity index (χ4v) is 2.84. The maximum atomic E-state index is 4.90. The third kappa shape index (κ3) is 3.65. The maximum absolute atomic E-state index is 4.90. The van der Waals surface area contributed by atoms with Crippen LogP contribution in [0.1, 0.15) is 12.8 Å². The standard InChI is InChI=1S/C17H25N5/c1-20-11-13-22(14-12-20)17(18-15-7-4-3-5-8-15)19-16-9-6-10-21(16)2/h3-5,7-8H,6,9-14H2,1-2H3. The van der Waals surface area contributed by atoms with Crippen molar-refractivity contribution in [3.8, 4) is 0 Å². The van der Waals surface area contributed by atoms with Crippen molar-refractivity contribution in [3.05, 3.63) is 30.3 Å². The number of aliphatic imine (C=N–C) groups is 2. The van der Waals surface area contributed by atoms with E-state index in [1.165, 1.54) is 6.42 Å². The van der Waals surface area contributed by atoms with Crippen molar-refractivity contribution in [2.45, 2.75) is 12.8 Å². The molecule has 3 rings (SSSR count). The zero-order chi connectivity index (χ0) is 15.4. The summed E-state index contributed by atoms with van der Waals surface area (Å²) in [5.74, 6) is 2.02. The van der Waals surface area contributed by atoms with Crippen LogP contribution in [0.4, 0.5) is 5.69 Å². The molecule has 0 aromatic heterocycles. The first-order chi connectivity index (χ1) is 10.7. The second-order valence-corrected chi connectivity index (χ2v) is 6.09. The summed E-state index contributed by atoms with van der Waals surface area (Å²) in [6.07, 6.45) is 2.24. The Labute approximate surface area is 133 Å². The Bertz CT molecular complexity index is 543. The average Bonchev–Trinajstić information content (AvgIpc) is 2.94. The van der Waals surface area contributed by atoms with E-state index in [0.717, 1.165) is 56.6 Å². The number of rotatable bonds is 1. The lowest BCUT2D eigenvalue weighted by atomic mass is 10.3. The van der Waals surface area contributed by atoms with Crippen LogP contribution < -0.4 is 0 Å². The molecule has 22 heavy (non-hydrogen) atoms. The smallest absolute Gasteiger partial charge is 0.227 e. The number of amidine groups is 1. The van der Waals surface area contributed by atoms with Gasteiger partial charge in [-0.15, -0.1) is 0 Å². The van der Waals surface area contributed by atoms with Crippen molar-refractivity contribution in [2.75, 3.05) is 46.8 Å². The van der Waals surface area contributed by atoms with E-state index in [1.807, 2.05) is 30.3 Å². The highest BCUT2D eigenvalue weighted by Crippen LogP contribution is 2.15. The van der Waals surface area contributed by atoms with Crippen LogP contribution in [0, 0.1) is 0 Å². The van der Waals surface area contributed by atoms with Crippen LogP contribution in [-0.2, 0) is 0 Å². The lowest BCUT2D eigenvalue weighted by molar-refractivity contribution is 0.214. The number of likely N-dealkylation sites (N-methyl/N-ethyl adjacent to an activating group) is 1. The van der Waals surface area contributed by atoms with Gasteiger partial charge in [0.05, 0.1) is 5.69 Å². The Balaban J connectivity index is 1.87. The van der Waals surface area contributed by atoms with Crippen LogP contribution in [-0.4, -0.2) is 73.3 Å². The van der Waals surface area contributed by atoms with E-state index < -0.39 is 0 Å². The normalized spacial score (nSPS) is 22.6. The SMILES string of the molecule is CN1CCN(C(N=C2CCCN2C)=Nc2ccccc2)CC1. The van der Waals surface area contributed by atoms with Gasteiger partial charge >= 0.3 is 0 Å². The Morgan fingerprint density at radius 2 is 1.68 bits per heavy atom. The number of nitrogens with zero attached hydrogens (tertiary/aromatic N) is 5. The van der Waals surface area contributed by atoms with Crippen LogP contribution >= 0.6 is 0 Å². The summed E-state index contributed by atoms with van der Waals surface area (Å²) >= 11 is 0. The minimum absolute atomic E-state index is 0.864. The molecule has 5 heteroatoms. The van der Waals surface area contributed by atoms with Gasteiger partial charge in [0, 0.05) is 46.2 Å². The first kappa shape index (κ1) is 15.0. The number of likely N-dealkylation sites (tertiary alicyclic amines) is 1. The van der Waals surface area contributed by atoms with Crippen LogP contribution in [0.3, 0.4) is 0 Å². The highest BCUT2D eigenvalue weighted by atomic mass is 15.3. The molecule has 0 N–H and O–H groups in total. The second kappa shape index (κ2) is 6.92. The van der Waals surface area contributed by atoms with Crippen molar-refractivity contribution < 1.29 is 0 Å². The van der Waals surface area contributed by atoms with E-state index in [2.05, 4.69) is 28.8 Å². The third-order valence-electron chi connectivity index (χ3n) is 4.34. The highest BCUT2D eigenvalue weighted by Gasteiger charge is 2.20. The molecule has 0 radical (unpaired) electrons. The van der Waals surface area contributed by atoms with Gasteiger partial charge in [0.25, 0.3) is 0 Å². The van der Waals surface area contributed by atoms with E-state index in [-0.39, 0.29) is 0 Å². The molecule has 0 unspecified atom stereocenters. The van der Waals surface area contributed by atoms with E-state index in [1.54, 1.807) is 0 Å². The fraction of sp³-hybridized carbons (Fsp3) is 0.529. The number of benzene rings is 1. The quantitative estimate of drug-likeness (QED) is 0.588. The molecule has 2 fully saturated rings. The zero-order valence-electron chi connectivity index (χ0n) is 13.6. The number of guanidine groups is 1. The predicted molar refractivity (Wildman–Crippen MR) is 91.9 cm³/mol. The first-order valence-corrected chi connectivity index (χ1v) is 8.08. The molecular weight excluding hydrogens is 274 g/mol. The summed E-state index contributed by atoms with van der Waals surface area (Å²) in [6, 6.07) is 10.1. The molecule has 0 bridgehead atoms. The van der Waals surface area contributed by atoms with E-state index >= 15 is 0 Å². The van der Waals surface area contributed by atoms with Gasteiger partial charge in [-0.25, -0.2) is 4.99 Å². The molecule has 0 aliphatic carbocycles. The van der Waals surface area contributed by atoms with Crippen LogP contribution in [0.5, 0.6) is 0 Å². The van der Waals surface area contributed by atoms with Gasteiger partial charge in [0.1, 0.15) is 5.84 Å². The second-order valence-electron chi connectivity index (χ2n) is 6.09. The van der Waals surface area contributed by atoms with Crippen LogP contribution in [0.15, 0.2) is 40.3 Å². The summed E-state index contributed by atoms with van der Waals surface area (Å²) in [5, 5.41) is 0. The monoisotopic (exact) mass is 299 g/mol. The molecule has 5 nitrogen and oxygen atoms in total. The van der Waals surface area contributed by atoms with E-state index in [9.17, 15) is 0 Å². The van der Waals surface area contributed by atoms with Crippen molar-refractivity contribution >= 4 is 17.5 Å². The number of hydrogen-bond acceptors (Lipinski definition) is 2. The van der Waals surface area contributed by atoms with E-state index in [4.69, 9.17) is 9.98 Å². The molecule has 1 aromatic carbocycles. The lowest BCUT2D eigenvalue weighted by Crippen LogP contribution is -2.47. The third-order valence-corrected chi connectivity index (χ3v) is 4.34. The van der Waals surface area contributed by atoms with Gasteiger partial charge < -0.3 is 14.7 Å². The van der Waals surface area contributed by atoms with Gasteiger partial charge in [-0.2, -0.15) is 4.99 Å². The predicted octanol–water partition coefficient (Wildman–Crippen LogP) is 2.05. The lowest BCUT2D eigenvalue weighted by Gasteiger charge is -2.33. The van der Waals surface area contributed by atoms with Gasteiger partial charge in [-0.1, -0.05) is 18.2 Å². The summed E-state index contributed by atoms with van der Waals surface area (Å²) in [6.45, 7) is 5.20. The van der Waals surface area contributed by atoms with Gasteiger partial charge in [0.15, 0.2) is 0 Å². The Morgan fingerprint density at radius 3 is 2.32 bits per heavy atom. The summed E-state index contributed by atoms with van der Waals surface area (Å²) in [4.78, 5) is 16.6. The Morgan fingerprint density at radius 1 is 0.955 bits per heavy atom. The van der Waals surface area contributed by atoms with Crippen LogP contribution in [0.2, 0.25) is 0 Å². The molecule has 2 saturated heterocycles.